The van der Waals surface area contributed by atoms with Crippen LogP contribution in [0.25, 0.3) is 10.9 Å². The van der Waals surface area contributed by atoms with E-state index in [1.807, 2.05) is 48.2 Å². The molecule has 0 bridgehead atoms. The maximum Gasteiger partial charge on any atom is 0.322 e. The second-order valence-corrected chi connectivity index (χ2v) is 8.57. The third-order valence-corrected chi connectivity index (χ3v) is 6.40. The van der Waals surface area contributed by atoms with Crippen molar-refractivity contribution in [3.05, 3.63) is 89.1 Å². The lowest BCUT2D eigenvalue weighted by Gasteiger charge is -2.36. The average Bonchev–Trinajstić information content (AvgIpc) is 3.23. The summed E-state index contributed by atoms with van der Waals surface area (Å²) >= 11 is 0. The van der Waals surface area contributed by atoms with Crippen LogP contribution in [0.2, 0.25) is 0 Å². The Kier molecular flexibility index (Phi) is 5.88. The van der Waals surface area contributed by atoms with E-state index in [0.29, 0.717) is 13.2 Å². The van der Waals surface area contributed by atoms with Gasteiger partial charge in [-0.05, 0) is 73.9 Å². The van der Waals surface area contributed by atoms with Crippen LogP contribution in [-0.4, -0.2) is 36.2 Å². The van der Waals surface area contributed by atoms with Crippen molar-refractivity contribution < 1.29 is 14.3 Å². The molecule has 1 unspecified atom stereocenters. The molecule has 1 aliphatic heterocycles. The minimum absolute atomic E-state index is 0.128. The van der Waals surface area contributed by atoms with Crippen molar-refractivity contribution in [2.45, 2.75) is 26.3 Å². The minimum Gasteiger partial charge on any atom is -0.497 e. The summed E-state index contributed by atoms with van der Waals surface area (Å²) in [5.74, 6) is 1.62. The second-order valence-electron chi connectivity index (χ2n) is 8.57. The van der Waals surface area contributed by atoms with E-state index in [2.05, 4.69) is 47.6 Å². The van der Waals surface area contributed by atoms with E-state index in [1.165, 1.54) is 11.1 Å². The molecule has 0 radical (unpaired) electrons. The number of carbonyl (C=O) groups excluding carboxylic acids is 1. The number of fused-ring (bicyclic) bond motifs is 3. The highest BCUT2D eigenvalue weighted by atomic mass is 16.5. The van der Waals surface area contributed by atoms with Gasteiger partial charge in [-0.2, -0.15) is 0 Å². The first kappa shape index (κ1) is 21.9. The maximum absolute atomic E-state index is 13.5. The number of ether oxygens (including phenoxy) is 2. The van der Waals surface area contributed by atoms with E-state index in [9.17, 15) is 4.79 Å². The molecule has 0 fully saturated rings. The standard InChI is InChI=1S/C28H29N3O3/c1-4-34-21-11-9-20(10-12-21)29-28(32)31-16-15-23-24-17-22(33-3)13-14-25(24)30-26(23)27(31)19-7-5-18(2)6-8-19/h5-14,17,27,30H,4,15-16H2,1-3H3,(H,29,32). The predicted octanol–water partition coefficient (Wildman–Crippen LogP) is 6.06. The monoisotopic (exact) mass is 455 g/mol. The highest BCUT2D eigenvalue weighted by Crippen LogP contribution is 2.39. The van der Waals surface area contributed by atoms with Crippen LogP contribution in [0, 0.1) is 6.92 Å². The van der Waals surface area contributed by atoms with Crippen molar-refractivity contribution in [2.75, 3.05) is 25.6 Å². The number of amides is 2. The molecular weight excluding hydrogens is 426 g/mol. The van der Waals surface area contributed by atoms with Gasteiger partial charge < -0.3 is 24.7 Å². The Morgan fingerprint density at radius 2 is 1.79 bits per heavy atom. The molecule has 2 heterocycles. The van der Waals surface area contributed by atoms with Gasteiger partial charge in [0.05, 0.1) is 19.8 Å². The topological polar surface area (TPSA) is 66.6 Å². The van der Waals surface area contributed by atoms with Crippen LogP contribution in [0.3, 0.4) is 0 Å². The lowest BCUT2D eigenvalue weighted by molar-refractivity contribution is 0.193. The van der Waals surface area contributed by atoms with E-state index in [1.54, 1.807) is 7.11 Å². The number of hydrogen-bond acceptors (Lipinski definition) is 3. The molecule has 6 heteroatoms. The summed E-state index contributed by atoms with van der Waals surface area (Å²) in [7, 11) is 1.68. The van der Waals surface area contributed by atoms with E-state index < -0.39 is 0 Å². The first-order valence-corrected chi connectivity index (χ1v) is 11.6. The number of aromatic nitrogens is 1. The molecule has 4 aromatic rings. The molecule has 3 aromatic carbocycles. The smallest absolute Gasteiger partial charge is 0.322 e. The molecular formula is C28H29N3O3. The van der Waals surface area contributed by atoms with Crippen LogP contribution in [0.15, 0.2) is 66.7 Å². The quantitative estimate of drug-likeness (QED) is 0.384. The molecule has 6 nitrogen and oxygen atoms in total. The van der Waals surface area contributed by atoms with Gasteiger partial charge in [0, 0.05) is 28.8 Å². The zero-order chi connectivity index (χ0) is 23.7. The van der Waals surface area contributed by atoms with Crippen LogP contribution in [0.5, 0.6) is 11.5 Å². The highest BCUT2D eigenvalue weighted by molar-refractivity contribution is 5.92. The van der Waals surface area contributed by atoms with Gasteiger partial charge >= 0.3 is 6.03 Å². The van der Waals surface area contributed by atoms with E-state index in [4.69, 9.17) is 9.47 Å². The number of methoxy groups -OCH3 is 1. The number of benzene rings is 3. The van der Waals surface area contributed by atoms with Gasteiger partial charge in [0.15, 0.2) is 0 Å². The fraction of sp³-hybridized carbons (Fsp3) is 0.250. The van der Waals surface area contributed by atoms with Gasteiger partial charge in [0.2, 0.25) is 0 Å². The summed E-state index contributed by atoms with van der Waals surface area (Å²) in [4.78, 5) is 19.0. The Balaban J connectivity index is 1.52. The number of urea groups is 1. The van der Waals surface area contributed by atoms with E-state index in [-0.39, 0.29) is 12.1 Å². The number of H-pyrrole nitrogens is 1. The molecule has 1 aliphatic rings. The Hall–Kier alpha value is -3.93. The molecule has 2 amide bonds. The van der Waals surface area contributed by atoms with Gasteiger partial charge in [-0.25, -0.2) is 4.79 Å². The highest BCUT2D eigenvalue weighted by Gasteiger charge is 2.34. The van der Waals surface area contributed by atoms with Crippen molar-refractivity contribution >= 4 is 22.6 Å². The molecule has 34 heavy (non-hydrogen) atoms. The van der Waals surface area contributed by atoms with E-state index >= 15 is 0 Å². The average molecular weight is 456 g/mol. The Morgan fingerprint density at radius 1 is 1.06 bits per heavy atom. The Morgan fingerprint density at radius 3 is 2.50 bits per heavy atom. The molecule has 1 atom stereocenters. The summed E-state index contributed by atoms with van der Waals surface area (Å²) < 4.78 is 11.0. The fourth-order valence-corrected chi connectivity index (χ4v) is 4.71. The lowest BCUT2D eigenvalue weighted by Crippen LogP contribution is -2.43. The number of aromatic amines is 1. The van der Waals surface area contributed by atoms with Gasteiger partial charge in [0.1, 0.15) is 11.5 Å². The number of hydrogen-bond donors (Lipinski definition) is 2. The van der Waals surface area contributed by atoms with Gasteiger partial charge in [-0.1, -0.05) is 29.8 Å². The van der Waals surface area contributed by atoms with Crippen LogP contribution >= 0.6 is 0 Å². The van der Waals surface area contributed by atoms with Crippen molar-refractivity contribution in [2.24, 2.45) is 0 Å². The molecule has 0 spiro atoms. The third-order valence-electron chi connectivity index (χ3n) is 6.40. The summed E-state index contributed by atoms with van der Waals surface area (Å²) in [5.41, 5.74) is 6.35. The second kappa shape index (κ2) is 9.14. The normalized spacial score (nSPS) is 15.1. The van der Waals surface area contributed by atoms with Crippen molar-refractivity contribution in [1.29, 1.82) is 0 Å². The molecule has 0 saturated carbocycles. The van der Waals surface area contributed by atoms with Crippen molar-refractivity contribution in [1.82, 2.24) is 9.88 Å². The number of anilines is 1. The predicted molar refractivity (Wildman–Crippen MR) is 135 cm³/mol. The summed E-state index contributed by atoms with van der Waals surface area (Å²) in [6, 6.07) is 21.6. The summed E-state index contributed by atoms with van der Waals surface area (Å²) in [6.07, 6.45) is 0.765. The molecule has 5 rings (SSSR count). The van der Waals surface area contributed by atoms with Crippen molar-refractivity contribution in [3.8, 4) is 11.5 Å². The Bertz CT molecular complexity index is 1310. The molecule has 0 saturated heterocycles. The van der Waals surface area contributed by atoms with Gasteiger partial charge in [-0.15, -0.1) is 0 Å². The maximum atomic E-state index is 13.5. The minimum atomic E-state index is -0.217. The third kappa shape index (κ3) is 4.07. The molecule has 0 aliphatic carbocycles. The lowest BCUT2D eigenvalue weighted by atomic mass is 9.92. The van der Waals surface area contributed by atoms with Crippen molar-refractivity contribution in [3.63, 3.8) is 0 Å². The van der Waals surface area contributed by atoms with Crippen LogP contribution in [0.1, 0.15) is 35.3 Å². The van der Waals surface area contributed by atoms with Gasteiger partial charge in [0.25, 0.3) is 0 Å². The Labute approximate surface area is 199 Å². The van der Waals surface area contributed by atoms with Crippen LogP contribution < -0.4 is 14.8 Å². The zero-order valence-corrected chi connectivity index (χ0v) is 19.7. The molecule has 1 aromatic heterocycles. The fourth-order valence-electron chi connectivity index (χ4n) is 4.71. The molecule has 2 N–H and O–H groups in total. The van der Waals surface area contributed by atoms with E-state index in [0.717, 1.165) is 45.8 Å². The number of aryl methyl sites for hydroxylation is 1. The number of rotatable bonds is 5. The van der Waals surface area contributed by atoms with Crippen LogP contribution in [0.4, 0.5) is 10.5 Å². The zero-order valence-electron chi connectivity index (χ0n) is 19.7. The number of carbonyl (C=O) groups is 1. The molecule has 174 valence electrons. The number of nitrogens with one attached hydrogen (secondary N) is 2. The summed E-state index contributed by atoms with van der Waals surface area (Å²) in [6.45, 7) is 5.24. The summed E-state index contributed by atoms with van der Waals surface area (Å²) in [5, 5.41) is 4.22. The number of nitrogens with zero attached hydrogens (tertiary/aromatic N) is 1. The SMILES string of the molecule is CCOc1ccc(NC(=O)N2CCc3c([nH]c4ccc(OC)cc34)C2c2ccc(C)cc2)cc1. The van der Waals surface area contributed by atoms with Crippen LogP contribution in [-0.2, 0) is 6.42 Å². The first-order chi connectivity index (χ1) is 16.6. The van der Waals surface area contributed by atoms with Gasteiger partial charge in [-0.3, -0.25) is 0 Å². The first-order valence-electron chi connectivity index (χ1n) is 11.6. The largest absolute Gasteiger partial charge is 0.497 e.